The molecule has 0 aliphatic heterocycles. The van der Waals surface area contributed by atoms with Gasteiger partial charge in [0.15, 0.2) is 5.75 Å². The number of hydrogen-bond acceptors (Lipinski definition) is 4. The second-order valence-electron chi connectivity index (χ2n) is 2.54. The summed E-state index contributed by atoms with van der Waals surface area (Å²) in [7, 11) is 3.17. The number of H-pyrrole nitrogens is 1. The molecule has 0 saturated heterocycles. The topological polar surface area (TPSA) is 47.1 Å². The van der Waals surface area contributed by atoms with Gasteiger partial charge in [0.1, 0.15) is 16.6 Å². The third-order valence-corrected chi connectivity index (χ3v) is 2.05. The summed E-state index contributed by atoms with van der Waals surface area (Å²) < 4.78 is 10.6. The van der Waals surface area contributed by atoms with Crippen molar-refractivity contribution in [2.24, 2.45) is 0 Å². The van der Waals surface area contributed by atoms with E-state index in [9.17, 15) is 0 Å². The molecule has 72 valence electrons. The van der Waals surface area contributed by atoms with Crippen LogP contribution in [0.25, 0.3) is 0 Å². The predicted octanol–water partition coefficient (Wildman–Crippen LogP) is 1.86. The van der Waals surface area contributed by atoms with Gasteiger partial charge in [0.2, 0.25) is 0 Å². The standard InChI is InChI=1S/C8H12N2O2S/c1-5(11-2)7-9-4-6(12-3)8(13)10-7/h4-5H,1-3H3,(H,9,10,13). The van der Waals surface area contributed by atoms with Crippen molar-refractivity contribution in [3.8, 4) is 5.75 Å². The molecule has 1 aromatic rings. The summed E-state index contributed by atoms with van der Waals surface area (Å²) in [6, 6.07) is 0. The SMILES string of the molecule is COc1cnc(C(C)OC)[nH]c1=S. The average Bonchev–Trinajstić information content (AvgIpc) is 2.16. The highest BCUT2D eigenvalue weighted by atomic mass is 32.1. The van der Waals surface area contributed by atoms with Crippen molar-refractivity contribution in [2.45, 2.75) is 13.0 Å². The normalized spacial score (nSPS) is 12.5. The van der Waals surface area contributed by atoms with E-state index in [0.717, 1.165) is 0 Å². The van der Waals surface area contributed by atoms with Crippen LogP contribution in [0.1, 0.15) is 18.9 Å². The fraction of sp³-hybridized carbons (Fsp3) is 0.500. The van der Waals surface area contributed by atoms with Crippen molar-refractivity contribution >= 4 is 12.2 Å². The lowest BCUT2D eigenvalue weighted by molar-refractivity contribution is 0.111. The van der Waals surface area contributed by atoms with Crippen molar-refractivity contribution in [3.05, 3.63) is 16.7 Å². The summed E-state index contributed by atoms with van der Waals surface area (Å²) >= 11 is 5.03. The predicted molar refractivity (Wildman–Crippen MR) is 51.4 cm³/mol. The molecule has 1 rings (SSSR count). The third-order valence-electron chi connectivity index (χ3n) is 1.74. The van der Waals surface area contributed by atoms with E-state index in [4.69, 9.17) is 21.7 Å². The average molecular weight is 200 g/mol. The summed E-state index contributed by atoms with van der Waals surface area (Å²) in [6.45, 7) is 1.89. The Morgan fingerprint density at radius 3 is 2.69 bits per heavy atom. The largest absolute Gasteiger partial charge is 0.492 e. The first-order valence-corrected chi connectivity index (χ1v) is 4.26. The van der Waals surface area contributed by atoms with Crippen LogP contribution in [0.5, 0.6) is 5.75 Å². The molecule has 1 unspecified atom stereocenters. The van der Waals surface area contributed by atoms with E-state index in [-0.39, 0.29) is 6.10 Å². The zero-order valence-corrected chi connectivity index (χ0v) is 8.64. The number of nitrogens with one attached hydrogen (secondary N) is 1. The highest BCUT2D eigenvalue weighted by Crippen LogP contribution is 2.14. The molecule has 0 amide bonds. The van der Waals surface area contributed by atoms with Crippen LogP contribution in [-0.4, -0.2) is 24.2 Å². The van der Waals surface area contributed by atoms with Crippen molar-refractivity contribution in [1.82, 2.24) is 9.97 Å². The van der Waals surface area contributed by atoms with Gasteiger partial charge >= 0.3 is 0 Å². The van der Waals surface area contributed by atoms with Crippen LogP contribution in [0.3, 0.4) is 0 Å². The van der Waals surface area contributed by atoms with Crippen LogP contribution in [0.2, 0.25) is 0 Å². The van der Waals surface area contributed by atoms with Crippen LogP contribution in [-0.2, 0) is 4.74 Å². The maximum absolute atomic E-state index is 5.08. The fourth-order valence-corrected chi connectivity index (χ4v) is 1.10. The van der Waals surface area contributed by atoms with Gasteiger partial charge in [-0.05, 0) is 6.92 Å². The van der Waals surface area contributed by atoms with Crippen molar-refractivity contribution in [2.75, 3.05) is 14.2 Å². The number of nitrogens with zero attached hydrogens (tertiary/aromatic N) is 1. The number of ether oxygens (including phenoxy) is 2. The Morgan fingerprint density at radius 1 is 1.54 bits per heavy atom. The first kappa shape index (κ1) is 10.1. The lowest BCUT2D eigenvalue weighted by atomic mass is 10.4. The molecule has 0 spiro atoms. The Hall–Kier alpha value is -0.940. The smallest absolute Gasteiger partial charge is 0.171 e. The van der Waals surface area contributed by atoms with Crippen molar-refractivity contribution in [3.63, 3.8) is 0 Å². The summed E-state index contributed by atoms with van der Waals surface area (Å²) in [6.07, 6.45) is 1.50. The first-order valence-electron chi connectivity index (χ1n) is 3.85. The molecule has 4 nitrogen and oxygen atoms in total. The van der Waals surface area contributed by atoms with E-state index in [2.05, 4.69) is 9.97 Å². The molecule has 0 aliphatic rings. The van der Waals surface area contributed by atoms with Gasteiger partial charge in [-0.1, -0.05) is 12.2 Å². The zero-order valence-electron chi connectivity index (χ0n) is 7.83. The molecule has 1 atom stereocenters. The molecule has 0 fully saturated rings. The minimum atomic E-state index is -0.0902. The molecule has 0 bridgehead atoms. The van der Waals surface area contributed by atoms with Crippen LogP contribution < -0.4 is 4.74 Å². The Kier molecular flexibility index (Phi) is 3.39. The Morgan fingerprint density at radius 2 is 2.23 bits per heavy atom. The van der Waals surface area contributed by atoms with Gasteiger partial charge in [-0.3, -0.25) is 0 Å². The minimum Gasteiger partial charge on any atom is -0.492 e. The number of aromatic amines is 1. The molecular weight excluding hydrogens is 188 g/mol. The quantitative estimate of drug-likeness (QED) is 0.756. The summed E-state index contributed by atoms with van der Waals surface area (Å²) in [5, 5.41) is 0. The van der Waals surface area contributed by atoms with Gasteiger partial charge in [0.05, 0.1) is 13.3 Å². The Labute approximate surface area is 81.9 Å². The molecule has 0 aromatic carbocycles. The number of methoxy groups -OCH3 is 2. The van der Waals surface area contributed by atoms with E-state index < -0.39 is 0 Å². The third kappa shape index (κ3) is 2.26. The van der Waals surface area contributed by atoms with E-state index in [0.29, 0.717) is 16.2 Å². The van der Waals surface area contributed by atoms with Gasteiger partial charge in [0, 0.05) is 7.11 Å². The number of aromatic nitrogens is 2. The van der Waals surface area contributed by atoms with Crippen LogP contribution in [0.4, 0.5) is 0 Å². The molecule has 1 heterocycles. The minimum absolute atomic E-state index is 0.0902. The molecule has 1 N–H and O–H groups in total. The van der Waals surface area contributed by atoms with Gasteiger partial charge in [0.25, 0.3) is 0 Å². The molecular formula is C8H12N2O2S. The fourth-order valence-electron chi connectivity index (χ4n) is 0.861. The number of rotatable bonds is 3. The Balaban J connectivity index is 3.03. The summed E-state index contributed by atoms with van der Waals surface area (Å²) in [4.78, 5) is 7.04. The lowest BCUT2D eigenvalue weighted by Crippen LogP contribution is -2.03. The van der Waals surface area contributed by atoms with Gasteiger partial charge < -0.3 is 14.5 Å². The second kappa shape index (κ2) is 4.34. The Bertz CT molecular complexity index is 337. The lowest BCUT2D eigenvalue weighted by Gasteiger charge is -2.08. The maximum Gasteiger partial charge on any atom is 0.171 e. The molecule has 0 radical (unpaired) electrons. The van der Waals surface area contributed by atoms with Gasteiger partial charge in [-0.2, -0.15) is 0 Å². The molecule has 5 heteroatoms. The highest BCUT2D eigenvalue weighted by Gasteiger charge is 2.06. The summed E-state index contributed by atoms with van der Waals surface area (Å²) in [5.41, 5.74) is 0. The van der Waals surface area contributed by atoms with Crippen LogP contribution >= 0.6 is 12.2 Å². The van der Waals surface area contributed by atoms with E-state index in [1.807, 2.05) is 6.92 Å². The second-order valence-corrected chi connectivity index (χ2v) is 2.95. The zero-order chi connectivity index (χ0) is 9.84. The van der Waals surface area contributed by atoms with Crippen molar-refractivity contribution in [1.29, 1.82) is 0 Å². The number of hydrogen-bond donors (Lipinski definition) is 1. The molecule has 0 aliphatic carbocycles. The van der Waals surface area contributed by atoms with E-state index in [1.165, 1.54) is 0 Å². The van der Waals surface area contributed by atoms with Crippen molar-refractivity contribution < 1.29 is 9.47 Å². The van der Waals surface area contributed by atoms with E-state index in [1.54, 1.807) is 20.4 Å². The van der Waals surface area contributed by atoms with Gasteiger partial charge in [-0.15, -0.1) is 0 Å². The molecule has 1 aromatic heterocycles. The first-order chi connectivity index (χ1) is 6.19. The van der Waals surface area contributed by atoms with E-state index >= 15 is 0 Å². The molecule has 13 heavy (non-hydrogen) atoms. The van der Waals surface area contributed by atoms with Gasteiger partial charge in [-0.25, -0.2) is 4.98 Å². The van der Waals surface area contributed by atoms with Crippen LogP contribution in [0.15, 0.2) is 6.20 Å². The highest BCUT2D eigenvalue weighted by molar-refractivity contribution is 7.71. The summed E-state index contributed by atoms with van der Waals surface area (Å²) in [5.74, 6) is 1.27. The molecule has 0 saturated carbocycles. The maximum atomic E-state index is 5.08. The van der Waals surface area contributed by atoms with Crippen LogP contribution in [0, 0.1) is 4.64 Å². The monoisotopic (exact) mass is 200 g/mol.